The van der Waals surface area contributed by atoms with Gasteiger partial charge in [-0.2, -0.15) is 0 Å². The minimum Gasteiger partial charge on any atom is -0.490 e. The maximum absolute atomic E-state index is 13.2. The van der Waals surface area contributed by atoms with E-state index in [0.717, 1.165) is 11.3 Å². The number of carbonyl (C=O) groups excluding carboxylic acids is 1. The second-order valence-corrected chi connectivity index (χ2v) is 11.2. The van der Waals surface area contributed by atoms with Gasteiger partial charge >= 0.3 is 0 Å². The number of rotatable bonds is 9. The molecular weight excluding hydrogens is 546 g/mol. The van der Waals surface area contributed by atoms with Gasteiger partial charge in [0, 0.05) is 17.8 Å². The highest BCUT2D eigenvalue weighted by Gasteiger charge is 2.30. The van der Waals surface area contributed by atoms with Crippen LogP contribution in [0.4, 0.5) is 11.4 Å². The van der Waals surface area contributed by atoms with E-state index in [4.69, 9.17) is 21.7 Å². The van der Waals surface area contributed by atoms with Crippen molar-refractivity contribution in [3.8, 4) is 11.5 Å². The highest BCUT2D eigenvalue weighted by Crippen LogP contribution is 2.32. The van der Waals surface area contributed by atoms with Gasteiger partial charge in [0.25, 0.3) is 15.9 Å². The molecule has 0 aromatic heterocycles. The summed E-state index contributed by atoms with van der Waals surface area (Å²) in [6.45, 7) is 1.17. The number of anilines is 2. The van der Waals surface area contributed by atoms with Crippen LogP contribution in [0, 0.1) is 0 Å². The van der Waals surface area contributed by atoms with Crippen LogP contribution in [-0.2, 0) is 16.4 Å². The van der Waals surface area contributed by atoms with Crippen molar-refractivity contribution >= 4 is 44.6 Å². The fourth-order valence-electron chi connectivity index (χ4n) is 4.27. The van der Waals surface area contributed by atoms with Crippen molar-refractivity contribution in [2.45, 2.75) is 11.3 Å². The predicted molar refractivity (Wildman–Crippen MR) is 159 cm³/mol. The standard InChI is InChI=1S/C30H27N3O5S2/c34-29(23-10-14-26(15-11-23)38-21-20-37-25-7-2-1-3-8-25)32-30(39)31-24-12-16-27(17-13-24)40(35,36)33-19-18-22-6-4-5-9-28(22)33/h1-17H,18-21H2,(H2,31,32,34,39). The largest absolute Gasteiger partial charge is 0.490 e. The molecule has 0 saturated carbocycles. The second-order valence-electron chi connectivity index (χ2n) is 8.92. The zero-order valence-electron chi connectivity index (χ0n) is 21.4. The van der Waals surface area contributed by atoms with Crippen LogP contribution in [0.3, 0.4) is 0 Å². The van der Waals surface area contributed by atoms with Gasteiger partial charge in [-0.1, -0.05) is 36.4 Å². The van der Waals surface area contributed by atoms with E-state index in [1.807, 2.05) is 54.6 Å². The summed E-state index contributed by atoms with van der Waals surface area (Å²) in [5, 5.41) is 5.64. The highest BCUT2D eigenvalue weighted by molar-refractivity contribution is 7.92. The molecule has 1 heterocycles. The number of nitrogens with zero attached hydrogens (tertiary/aromatic N) is 1. The molecule has 0 spiro atoms. The van der Waals surface area contributed by atoms with Gasteiger partial charge in [-0.25, -0.2) is 8.42 Å². The van der Waals surface area contributed by atoms with Crippen LogP contribution in [0.2, 0.25) is 0 Å². The summed E-state index contributed by atoms with van der Waals surface area (Å²) < 4.78 is 39.1. The van der Waals surface area contributed by atoms with Crippen LogP contribution in [-0.4, -0.2) is 39.2 Å². The Morgan fingerprint density at radius 2 is 1.43 bits per heavy atom. The van der Waals surface area contributed by atoms with E-state index in [2.05, 4.69) is 10.6 Å². The number of nitrogens with one attached hydrogen (secondary N) is 2. The van der Waals surface area contributed by atoms with E-state index in [1.54, 1.807) is 36.4 Å². The summed E-state index contributed by atoms with van der Waals surface area (Å²) in [4.78, 5) is 12.8. The molecule has 0 atom stereocenters. The lowest BCUT2D eigenvalue weighted by atomic mass is 10.2. The molecule has 8 nitrogen and oxygen atoms in total. The summed E-state index contributed by atoms with van der Waals surface area (Å²) in [6, 6.07) is 29.9. The number of thiocarbonyl (C=S) groups is 1. The Kier molecular flexibility index (Phi) is 8.28. The normalized spacial score (nSPS) is 12.3. The number of fused-ring (bicyclic) bond motifs is 1. The molecule has 1 aliphatic heterocycles. The van der Waals surface area contributed by atoms with E-state index >= 15 is 0 Å². The third-order valence-electron chi connectivity index (χ3n) is 6.25. The van der Waals surface area contributed by atoms with Crippen molar-refractivity contribution in [3.63, 3.8) is 0 Å². The first kappa shape index (κ1) is 27.2. The molecule has 0 radical (unpaired) electrons. The van der Waals surface area contributed by atoms with Crippen LogP contribution in [0.25, 0.3) is 0 Å². The molecule has 2 N–H and O–H groups in total. The Bertz CT molecular complexity index is 1590. The minimum atomic E-state index is -3.69. The molecule has 0 bridgehead atoms. The van der Waals surface area contributed by atoms with Gasteiger partial charge in [0.15, 0.2) is 5.11 Å². The lowest BCUT2D eigenvalue weighted by Crippen LogP contribution is -2.34. The molecule has 0 unspecified atom stereocenters. The van der Waals surface area contributed by atoms with Gasteiger partial charge in [0.05, 0.1) is 10.6 Å². The molecule has 1 aliphatic rings. The molecule has 4 aromatic carbocycles. The molecule has 10 heteroatoms. The molecule has 4 aromatic rings. The SMILES string of the molecule is O=C(NC(=S)Nc1ccc(S(=O)(=O)N2CCc3ccccc32)cc1)c1ccc(OCCOc2ccccc2)cc1. The van der Waals surface area contributed by atoms with Gasteiger partial charge < -0.3 is 14.8 Å². The van der Waals surface area contributed by atoms with Crippen molar-refractivity contribution in [1.82, 2.24) is 5.32 Å². The minimum absolute atomic E-state index is 0.0902. The van der Waals surface area contributed by atoms with Crippen LogP contribution in [0.1, 0.15) is 15.9 Å². The van der Waals surface area contributed by atoms with Gasteiger partial charge in [-0.3, -0.25) is 14.4 Å². The Balaban J connectivity index is 1.10. The van der Waals surface area contributed by atoms with Gasteiger partial charge in [0.2, 0.25) is 0 Å². The number of hydrogen-bond acceptors (Lipinski definition) is 6. The quantitative estimate of drug-likeness (QED) is 0.214. The topological polar surface area (TPSA) is 97.0 Å². The fraction of sp³-hybridized carbons (Fsp3) is 0.133. The summed E-state index contributed by atoms with van der Waals surface area (Å²) >= 11 is 5.28. The van der Waals surface area contributed by atoms with E-state index in [0.29, 0.717) is 48.9 Å². The Morgan fingerprint density at radius 1 is 0.800 bits per heavy atom. The van der Waals surface area contributed by atoms with Gasteiger partial charge in [0.1, 0.15) is 24.7 Å². The van der Waals surface area contributed by atoms with Crippen LogP contribution < -0.4 is 24.4 Å². The molecular formula is C30H27N3O5S2. The lowest BCUT2D eigenvalue weighted by molar-refractivity contribution is 0.0977. The molecule has 5 rings (SSSR count). The molecule has 204 valence electrons. The smallest absolute Gasteiger partial charge is 0.264 e. The highest BCUT2D eigenvalue weighted by atomic mass is 32.2. The van der Waals surface area contributed by atoms with Crippen molar-refractivity contribution in [2.75, 3.05) is 29.4 Å². The van der Waals surface area contributed by atoms with E-state index in [-0.39, 0.29) is 15.9 Å². The van der Waals surface area contributed by atoms with Gasteiger partial charge in [-0.15, -0.1) is 0 Å². The number of amides is 1. The molecule has 0 saturated heterocycles. The Labute approximate surface area is 238 Å². The van der Waals surface area contributed by atoms with Crippen LogP contribution in [0.5, 0.6) is 11.5 Å². The first-order valence-corrected chi connectivity index (χ1v) is 14.5. The third-order valence-corrected chi connectivity index (χ3v) is 8.28. The fourth-order valence-corrected chi connectivity index (χ4v) is 5.98. The third kappa shape index (κ3) is 6.41. The summed E-state index contributed by atoms with van der Waals surface area (Å²) in [6.07, 6.45) is 0.683. The van der Waals surface area contributed by atoms with E-state index in [9.17, 15) is 13.2 Å². The zero-order chi connectivity index (χ0) is 28.0. The number of ether oxygens (including phenoxy) is 2. The molecule has 0 aliphatic carbocycles. The Morgan fingerprint density at radius 3 is 2.12 bits per heavy atom. The Hall–Kier alpha value is -4.41. The number of benzene rings is 4. The maximum atomic E-state index is 13.2. The molecule has 1 amide bonds. The van der Waals surface area contributed by atoms with Gasteiger partial charge in [-0.05, 0) is 90.9 Å². The van der Waals surface area contributed by atoms with E-state index in [1.165, 1.54) is 16.4 Å². The number of sulfonamides is 1. The van der Waals surface area contributed by atoms with Crippen molar-refractivity contribution in [1.29, 1.82) is 0 Å². The average molecular weight is 574 g/mol. The first-order chi connectivity index (χ1) is 19.4. The summed E-state index contributed by atoms with van der Waals surface area (Å²) in [5.74, 6) is 1.00. The van der Waals surface area contributed by atoms with Crippen LogP contribution >= 0.6 is 12.2 Å². The number of hydrogen-bond donors (Lipinski definition) is 2. The molecule has 40 heavy (non-hydrogen) atoms. The van der Waals surface area contributed by atoms with Crippen molar-refractivity contribution in [2.24, 2.45) is 0 Å². The summed E-state index contributed by atoms with van der Waals surface area (Å²) in [7, 11) is -3.69. The van der Waals surface area contributed by atoms with Crippen LogP contribution in [0.15, 0.2) is 108 Å². The van der Waals surface area contributed by atoms with Crippen molar-refractivity contribution < 1.29 is 22.7 Å². The average Bonchev–Trinajstić information content (AvgIpc) is 3.42. The molecule has 0 fully saturated rings. The lowest BCUT2D eigenvalue weighted by Gasteiger charge is -2.19. The zero-order valence-corrected chi connectivity index (χ0v) is 23.1. The number of para-hydroxylation sites is 2. The maximum Gasteiger partial charge on any atom is 0.264 e. The monoisotopic (exact) mass is 573 g/mol. The second kappa shape index (κ2) is 12.2. The van der Waals surface area contributed by atoms with E-state index < -0.39 is 10.0 Å². The van der Waals surface area contributed by atoms with Crippen molar-refractivity contribution in [3.05, 3.63) is 114 Å². The predicted octanol–water partition coefficient (Wildman–Crippen LogP) is 5.02. The first-order valence-electron chi connectivity index (χ1n) is 12.6. The summed E-state index contributed by atoms with van der Waals surface area (Å²) in [5.41, 5.74) is 2.68. The number of carbonyl (C=O) groups is 1.